The Morgan fingerprint density at radius 3 is 2.06 bits per heavy atom. The zero-order chi connectivity index (χ0) is 12.9. The van der Waals surface area contributed by atoms with Crippen molar-refractivity contribution in [2.75, 3.05) is 0 Å². The maximum atomic E-state index is 11.5. The second-order valence-corrected chi connectivity index (χ2v) is 5.01. The molecule has 0 aliphatic carbocycles. The lowest BCUT2D eigenvalue weighted by Gasteiger charge is -2.06. The van der Waals surface area contributed by atoms with E-state index in [1.165, 1.54) is 19.3 Å². The fourth-order valence-electron chi connectivity index (χ4n) is 1.96. The molecule has 0 fully saturated rings. The number of hydrogen-bond donors (Lipinski definition) is 1. The first-order chi connectivity index (χ1) is 8.20. The molecule has 0 saturated carbocycles. The van der Waals surface area contributed by atoms with Gasteiger partial charge in [-0.2, -0.15) is 0 Å². The normalized spacial score (nSPS) is 12.6. The predicted octanol–water partition coefficient (Wildman–Crippen LogP) is 4.25. The maximum Gasteiger partial charge on any atom is 0.132 e. The lowest BCUT2D eigenvalue weighted by molar-refractivity contribution is -0.119. The summed E-state index contributed by atoms with van der Waals surface area (Å²) in [5, 5.41) is 9.37. The molecule has 0 bridgehead atoms. The van der Waals surface area contributed by atoms with Crippen molar-refractivity contribution in [2.24, 2.45) is 0 Å². The molecule has 0 aliphatic heterocycles. The summed E-state index contributed by atoms with van der Waals surface area (Å²) in [6, 6.07) is 0. The number of aliphatic hydroxyl groups is 1. The van der Waals surface area contributed by atoms with Crippen LogP contribution in [0.15, 0.2) is 0 Å². The second-order valence-electron chi connectivity index (χ2n) is 5.01. The molecule has 0 radical (unpaired) electrons. The molecule has 2 heteroatoms. The maximum absolute atomic E-state index is 11.5. The molecule has 0 aromatic carbocycles. The van der Waals surface area contributed by atoms with Gasteiger partial charge in [0.2, 0.25) is 0 Å². The van der Waals surface area contributed by atoms with E-state index in [9.17, 15) is 9.90 Å². The van der Waals surface area contributed by atoms with Gasteiger partial charge in [0.05, 0.1) is 6.10 Å². The molecular formula is C15H30O2. The standard InChI is InChI=1S/C15H30O2/c1-3-5-6-8-12-15(17)13-10-7-9-11-14(16)4-2/h14,16H,3-13H2,1-2H3/t14-/m1/s1. The van der Waals surface area contributed by atoms with E-state index < -0.39 is 0 Å². The van der Waals surface area contributed by atoms with E-state index >= 15 is 0 Å². The van der Waals surface area contributed by atoms with Crippen LogP contribution in [0.25, 0.3) is 0 Å². The summed E-state index contributed by atoms with van der Waals surface area (Å²) < 4.78 is 0. The van der Waals surface area contributed by atoms with Gasteiger partial charge >= 0.3 is 0 Å². The van der Waals surface area contributed by atoms with Crippen LogP contribution in [0, 0.1) is 0 Å². The fraction of sp³-hybridized carbons (Fsp3) is 0.933. The van der Waals surface area contributed by atoms with Crippen molar-refractivity contribution in [3.63, 3.8) is 0 Å². The van der Waals surface area contributed by atoms with Gasteiger partial charge in [-0.3, -0.25) is 4.79 Å². The first-order valence-electron chi connectivity index (χ1n) is 7.40. The zero-order valence-corrected chi connectivity index (χ0v) is 11.7. The Balaban J connectivity index is 3.22. The smallest absolute Gasteiger partial charge is 0.132 e. The molecular weight excluding hydrogens is 212 g/mol. The molecule has 1 N–H and O–H groups in total. The second kappa shape index (κ2) is 12.1. The zero-order valence-electron chi connectivity index (χ0n) is 11.7. The molecule has 0 heterocycles. The van der Waals surface area contributed by atoms with Crippen LogP contribution in [0.1, 0.15) is 84.5 Å². The molecule has 1 atom stereocenters. The van der Waals surface area contributed by atoms with E-state index in [1.807, 2.05) is 6.92 Å². The van der Waals surface area contributed by atoms with Gasteiger partial charge < -0.3 is 5.11 Å². The molecule has 0 unspecified atom stereocenters. The van der Waals surface area contributed by atoms with Gasteiger partial charge in [-0.15, -0.1) is 0 Å². The van der Waals surface area contributed by atoms with Gasteiger partial charge in [-0.25, -0.2) is 0 Å². The van der Waals surface area contributed by atoms with Crippen molar-refractivity contribution in [3.8, 4) is 0 Å². The number of hydrogen-bond acceptors (Lipinski definition) is 2. The van der Waals surface area contributed by atoms with Crippen molar-refractivity contribution in [1.29, 1.82) is 0 Å². The van der Waals surface area contributed by atoms with Gasteiger partial charge in [0.15, 0.2) is 0 Å². The van der Waals surface area contributed by atoms with Gasteiger partial charge in [0, 0.05) is 12.8 Å². The van der Waals surface area contributed by atoms with Gasteiger partial charge in [0.1, 0.15) is 5.78 Å². The highest BCUT2D eigenvalue weighted by Crippen LogP contribution is 2.10. The number of aliphatic hydroxyl groups excluding tert-OH is 1. The van der Waals surface area contributed by atoms with Gasteiger partial charge in [-0.05, 0) is 25.7 Å². The molecule has 102 valence electrons. The van der Waals surface area contributed by atoms with Crippen molar-refractivity contribution in [3.05, 3.63) is 0 Å². The van der Waals surface area contributed by atoms with Crippen LogP contribution in [0.3, 0.4) is 0 Å². The van der Waals surface area contributed by atoms with E-state index in [-0.39, 0.29) is 6.10 Å². The summed E-state index contributed by atoms with van der Waals surface area (Å²) >= 11 is 0. The highest BCUT2D eigenvalue weighted by atomic mass is 16.3. The fourth-order valence-corrected chi connectivity index (χ4v) is 1.96. The summed E-state index contributed by atoms with van der Waals surface area (Å²) in [6.07, 6.45) is 11.0. The van der Waals surface area contributed by atoms with Crippen LogP contribution < -0.4 is 0 Å². The highest BCUT2D eigenvalue weighted by molar-refractivity contribution is 5.78. The molecule has 0 aliphatic rings. The Labute approximate surface area is 107 Å². The molecule has 0 aromatic rings. The van der Waals surface area contributed by atoms with Crippen LogP contribution in [0.4, 0.5) is 0 Å². The van der Waals surface area contributed by atoms with Crippen molar-refractivity contribution >= 4 is 5.78 Å². The molecule has 2 nitrogen and oxygen atoms in total. The minimum Gasteiger partial charge on any atom is -0.393 e. The minimum absolute atomic E-state index is 0.139. The van der Waals surface area contributed by atoms with Gasteiger partial charge in [-0.1, -0.05) is 46.0 Å². The van der Waals surface area contributed by atoms with E-state index in [2.05, 4.69) is 6.92 Å². The van der Waals surface area contributed by atoms with Crippen LogP contribution in [0.5, 0.6) is 0 Å². The van der Waals surface area contributed by atoms with Gasteiger partial charge in [0.25, 0.3) is 0 Å². The van der Waals surface area contributed by atoms with Crippen molar-refractivity contribution < 1.29 is 9.90 Å². The number of Topliss-reactive ketones (excluding diaryl/α,β-unsaturated/α-hetero) is 1. The Morgan fingerprint density at radius 1 is 0.941 bits per heavy atom. The molecule has 17 heavy (non-hydrogen) atoms. The number of carbonyl (C=O) groups excluding carboxylic acids is 1. The van der Waals surface area contributed by atoms with E-state index in [1.54, 1.807) is 0 Å². The third-order valence-electron chi connectivity index (χ3n) is 3.27. The monoisotopic (exact) mass is 242 g/mol. The first-order valence-corrected chi connectivity index (χ1v) is 7.40. The van der Waals surface area contributed by atoms with Crippen LogP contribution in [0.2, 0.25) is 0 Å². The van der Waals surface area contributed by atoms with Crippen molar-refractivity contribution in [2.45, 2.75) is 90.6 Å². The average Bonchev–Trinajstić information content (AvgIpc) is 2.34. The Bertz CT molecular complexity index is 178. The third kappa shape index (κ3) is 11.9. The Kier molecular flexibility index (Phi) is 11.8. The Hall–Kier alpha value is -0.370. The van der Waals surface area contributed by atoms with E-state index in [0.717, 1.165) is 51.4 Å². The quantitative estimate of drug-likeness (QED) is 0.519. The molecule has 0 aromatic heterocycles. The summed E-state index contributed by atoms with van der Waals surface area (Å²) in [6.45, 7) is 4.19. The minimum atomic E-state index is -0.139. The summed E-state index contributed by atoms with van der Waals surface area (Å²) in [4.78, 5) is 11.5. The van der Waals surface area contributed by atoms with E-state index in [4.69, 9.17) is 0 Å². The SMILES string of the molecule is CCCCCCC(=O)CCCCC[C@H](O)CC. The Morgan fingerprint density at radius 2 is 1.53 bits per heavy atom. The summed E-state index contributed by atoms with van der Waals surface area (Å²) in [7, 11) is 0. The van der Waals surface area contributed by atoms with Crippen molar-refractivity contribution in [1.82, 2.24) is 0 Å². The average molecular weight is 242 g/mol. The molecule has 0 saturated heterocycles. The van der Waals surface area contributed by atoms with E-state index in [0.29, 0.717) is 5.78 Å². The number of unbranched alkanes of at least 4 members (excludes halogenated alkanes) is 5. The topological polar surface area (TPSA) is 37.3 Å². The number of ketones is 1. The summed E-state index contributed by atoms with van der Waals surface area (Å²) in [5.74, 6) is 0.428. The number of carbonyl (C=O) groups is 1. The first kappa shape index (κ1) is 16.6. The highest BCUT2D eigenvalue weighted by Gasteiger charge is 2.03. The lowest BCUT2D eigenvalue weighted by atomic mass is 10.0. The summed E-state index contributed by atoms with van der Waals surface area (Å²) in [5.41, 5.74) is 0. The van der Waals surface area contributed by atoms with Crippen LogP contribution in [-0.2, 0) is 4.79 Å². The molecule has 0 spiro atoms. The largest absolute Gasteiger partial charge is 0.393 e. The molecule has 0 amide bonds. The predicted molar refractivity (Wildman–Crippen MR) is 73.1 cm³/mol. The molecule has 0 rings (SSSR count). The third-order valence-corrected chi connectivity index (χ3v) is 3.27. The van der Waals surface area contributed by atoms with Crippen LogP contribution in [-0.4, -0.2) is 17.0 Å². The lowest BCUT2D eigenvalue weighted by Crippen LogP contribution is -2.03. The number of rotatable bonds is 12. The van der Waals surface area contributed by atoms with Crippen LogP contribution >= 0.6 is 0 Å².